The van der Waals surface area contributed by atoms with Crippen LogP contribution in [0, 0.1) is 39.9 Å². The standard InChI is InChI=1S/C18H35N11O4.Gd/c1-22-17(32)12-28-6-2-26(10-15(19)30)4-8-29(13-18(33)23-14-24-25-21)9-5-27(3-7-28)11-16(20)31;/h2-14H2,1H3,(H2,19,30)(H2,20,31)(H,22,32)(H,23,33);. The van der Waals surface area contributed by atoms with E-state index in [0.717, 1.165) is 0 Å². The van der Waals surface area contributed by atoms with E-state index in [0.29, 0.717) is 52.4 Å². The summed E-state index contributed by atoms with van der Waals surface area (Å²) in [5, 5.41) is 8.40. The van der Waals surface area contributed by atoms with Crippen molar-refractivity contribution >= 4 is 23.6 Å². The molecule has 0 aromatic rings. The Morgan fingerprint density at radius 1 is 0.765 bits per heavy atom. The molecule has 0 atom stereocenters. The van der Waals surface area contributed by atoms with Crippen molar-refractivity contribution in [3.8, 4) is 0 Å². The van der Waals surface area contributed by atoms with Crippen LogP contribution >= 0.6 is 0 Å². The number of hydrogen-bond acceptors (Lipinski definition) is 9. The Kier molecular flexibility index (Phi) is 17.8. The molecule has 34 heavy (non-hydrogen) atoms. The molecule has 1 heterocycles. The van der Waals surface area contributed by atoms with Gasteiger partial charge in [-0.2, -0.15) is 0 Å². The van der Waals surface area contributed by atoms with Crippen LogP contribution in [0.3, 0.4) is 0 Å². The summed E-state index contributed by atoms with van der Waals surface area (Å²) in [5.74, 6) is -1.38. The average molecular weight is 627 g/mol. The first-order chi connectivity index (χ1) is 15.7. The Labute approximate surface area is 231 Å². The maximum Gasteiger partial charge on any atom is 0.234 e. The van der Waals surface area contributed by atoms with Crippen molar-refractivity contribution in [3.63, 3.8) is 0 Å². The molecule has 6 N–H and O–H groups in total. The van der Waals surface area contributed by atoms with E-state index in [1.165, 1.54) is 0 Å². The van der Waals surface area contributed by atoms with Crippen molar-refractivity contribution in [2.24, 2.45) is 16.6 Å². The number of nitrogens with one attached hydrogen (secondary N) is 2. The summed E-state index contributed by atoms with van der Waals surface area (Å²) in [6.45, 7) is 4.07. The summed E-state index contributed by atoms with van der Waals surface area (Å²) in [6, 6.07) is 0. The number of amides is 4. The molecule has 15 nitrogen and oxygen atoms in total. The molecule has 1 aliphatic rings. The fraction of sp³-hybridized carbons (Fsp3) is 0.778. The van der Waals surface area contributed by atoms with Gasteiger partial charge in [0.25, 0.3) is 0 Å². The van der Waals surface area contributed by atoms with Gasteiger partial charge in [-0.3, -0.25) is 38.8 Å². The second-order valence-corrected chi connectivity index (χ2v) is 7.70. The van der Waals surface area contributed by atoms with Gasteiger partial charge in [0.15, 0.2) is 0 Å². The summed E-state index contributed by atoms with van der Waals surface area (Å²) < 4.78 is 0. The van der Waals surface area contributed by atoms with Crippen LogP contribution < -0.4 is 22.1 Å². The molecule has 0 unspecified atom stereocenters. The first-order valence-electron chi connectivity index (χ1n) is 10.7. The molecule has 0 aromatic carbocycles. The number of hydrogen-bond donors (Lipinski definition) is 4. The number of nitrogens with zero attached hydrogens (tertiary/aromatic N) is 7. The van der Waals surface area contributed by atoms with E-state index in [4.69, 9.17) is 17.0 Å². The van der Waals surface area contributed by atoms with E-state index in [-0.39, 0.29) is 84.6 Å². The van der Waals surface area contributed by atoms with Gasteiger partial charge in [-0.25, -0.2) is 0 Å². The van der Waals surface area contributed by atoms with Gasteiger partial charge in [0.1, 0.15) is 0 Å². The number of rotatable bonds is 10. The Morgan fingerprint density at radius 3 is 1.44 bits per heavy atom. The van der Waals surface area contributed by atoms with Crippen LogP contribution in [0.4, 0.5) is 0 Å². The third-order valence-corrected chi connectivity index (χ3v) is 5.11. The Hall–Kier alpha value is -1.65. The SMILES string of the molecule is CNC(=O)CN1CCN(CC(N)=O)CCN(CC(=O)NCN=[N+]=[N-])CCN(CC(N)=O)CC1.[Gd]. The average Bonchev–Trinajstić information content (AvgIpc) is 2.74. The quantitative estimate of drug-likeness (QED) is 0.108. The largest absolute Gasteiger partial charge is 0.369 e. The zero-order chi connectivity index (χ0) is 24.6. The third kappa shape index (κ3) is 15.3. The summed E-state index contributed by atoms with van der Waals surface area (Å²) in [5.41, 5.74) is 19.1. The molecule has 1 aliphatic heterocycles. The smallest absolute Gasteiger partial charge is 0.234 e. The molecular formula is C18H35GdN11O4. The molecule has 0 radical (unpaired) electrons. The van der Waals surface area contributed by atoms with Crippen LogP contribution in [0.5, 0.6) is 0 Å². The van der Waals surface area contributed by atoms with Crippen molar-refractivity contribution in [2.45, 2.75) is 0 Å². The topological polar surface area (TPSA) is 206 Å². The molecule has 1 saturated heterocycles. The molecule has 0 bridgehead atoms. The summed E-state index contributed by atoms with van der Waals surface area (Å²) in [4.78, 5) is 57.4. The number of carbonyl (C=O) groups is 4. The monoisotopic (exact) mass is 627 g/mol. The fourth-order valence-electron chi connectivity index (χ4n) is 3.35. The second-order valence-electron chi connectivity index (χ2n) is 7.70. The third-order valence-electron chi connectivity index (χ3n) is 5.11. The molecule has 1 fully saturated rings. The Bertz CT molecular complexity index is 688. The van der Waals surface area contributed by atoms with Gasteiger partial charge >= 0.3 is 0 Å². The molecule has 16 heteroatoms. The van der Waals surface area contributed by atoms with Crippen molar-refractivity contribution < 1.29 is 59.1 Å². The minimum atomic E-state index is -0.466. The van der Waals surface area contributed by atoms with Crippen molar-refractivity contribution in [1.29, 1.82) is 0 Å². The van der Waals surface area contributed by atoms with E-state index in [1.807, 2.05) is 19.6 Å². The van der Waals surface area contributed by atoms with E-state index >= 15 is 0 Å². The molecule has 0 aliphatic carbocycles. The maximum absolute atomic E-state index is 12.2. The summed E-state index contributed by atoms with van der Waals surface area (Å²) in [7, 11) is 1.56. The van der Waals surface area contributed by atoms with Crippen LogP contribution in [-0.4, -0.2) is 135 Å². The van der Waals surface area contributed by atoms with Gasteiger partial charge < -0.3 is 22.1 Å². The molecule has 4 amide bonds. The summed E-state index contributed by atoms with van der Waals surface area (Å²) in [6.07, 6.45) is 0. The van der Waals surface area contributed by atoms with E-state index in [9.17, 15) is 19.2 Å². The molecule has 0 saturated carbocycles. The van der Waals surface area contributed by atoms with Crippen LogP contribution in [0.1, 0.15) is 0 Å². The minimum absolute atomic E-state index is 0. The van der Waals surface area contributed by atoms with Crippen LogP contribution in [-0.2, 0) is 19.2 Å². The van der Waals surface area contributed by atoms with Crippen molar-refractivity contribution in [1.82, 2.24) is 30.2 Å². The van der Waals surface area contributed by atoms with Crippen LogP contribution in [0.15, 0.2) is 5.11 Å². The first-order valence-corrected chi connectivity index (χ1v) is 10.7. The van der Waals surface area contributed by atoms with E-state index in [2.05, 4.69) is 20.7 Å². The summed E-state index contributed by atoms with van der Waals surface area (Å²) >= 11 is 0. The Balaban J connectivity index is 0.0000109. The predicted molar refractivity (Wildman–Crippen MR) is 120 cm³/mol. The number of azide groups is 1. The normalized spacial score (nSPS) is 17.2. The number of primary amides is 2. The molecule has 1 rings (SSSR count). The molecular weight excluding hydrogens is 592 g/mol. The van der Waals surface area contributed by atoms with Crippen LogP contribution in [0.25, 0.3) is 10.4 Å². The van der Waals surface area contributed by atoms with Crippen LogP contribution in [0.2, 0.25) is 0 Å². The minimum Gasteiger partial charge on any atom is -0.369 e. The number of carbonyl (C=O) groups excluding carboxylic acids is 4. The first kappa shape index (κ1) is 32.4. The van der Waals surface area contributed by atoms with E-state index in [1.54, 1.807) is 7.05 Å². The zero-order valence-corrected chi connectivity index (χ0v) is 21.7. The number of likely N-dealkylation sites (N-methyl/N-ethyl adjacent to an activating group) is 1. The van der Waals surface area contributed by atoms with Gasteiger partial charge in [0.2, 0.25) is 23.6 Å². The van der Waals surface area contributed by atoms with Gasteiger partial charge in [-0.15, -0.1) is 0 Å². The predicted octanol–water partition coefficient (Wildman–Crippen LogP) is -3.69. The zero-order valence-electron chi connectivity index (χ0n) is 19.5. The van der Waals surface area contributed by atoms with Gasteiger partial charge in [-0.1, -0.05) is 5.11 Å². The van der Waals surface area contributed by atoms with E-state index < -0.39 is 11.8 Å². The Morgan fingerprint density at radius 2 is 1.12 bits per heavy atom. The maximum atomic E-state index is 12.2. The molecule has 0 aromatic heterocycles. The van der Waals surface area contributed by atoms with Gasteiger partial charge in [-0.05, 0) is 5.53 Å². The van der Waals surface area contributed by atoms with Crippen molar-refractivity contribution in [2.75, 3.05) is 92.3 Å². The second kappa shape index (κ2) is 18.7. The molecule has 194 valence electrons. The number of nitrogens with two attached hydrogens (primary N) is 2. The molecule has 0 spiro atoms. The van der Waals surface area contributed by atoms with Gasteiger partial charge in [0.05, 0.1) is 32.8 Å². The van der Waals surface area contributed by atoms with Crippen molar-refractivity contribution in [3.05, 3.63) is 10.4 Å². The van der Waals surface area contributed by atoms with Gasteiger partial charge in [0, 0.05) is 104 Å². The fourth-order valence-corrected chi connectivity index (χ4v) is 3.35.